The maximum Gasteiger partial charge on any atom is 0.339 e. The van der Waals surface area contributed by atoms with Crippen LogP contribution in [0.4, 0.5) is 0 Å². The van der Waals surface area contributed by atoms with E-state index in [9.17, 15) is 15.0 Å². The monoisotopic (exact) mass is 484 g/mol. The SMILES string of the molecule is CCCCCc1cc2c(c(O)c1C(=O)O)[C@]1(I)C=C(C)CC[C@H]1C(C)(C)O2. The van der Waals surface area contributed by atoms with Gasteiger partial charge in [0.15, 0.2) is 0 Å². The van der Waals surface area contributed by atoms with Crippen LogP contribution in [-0.2, 0) is 9.84 Å². The van der Waals surface area contributed by atoms with E-state index in [1.54, 1.807) is 0 Å². The first-order valence-electron chi connectivity index (χ1n) is 9.80. The topological polar surface area (TPSA) is 66.8 Å². The number of rotatable bonds is 5. The van der Waals surface area contributed by atoms with Gasteiger partial charge in [-0.25, -0.2) is 4.79 Å². The number of allylic oxidation sites excluding steroid dienone is 2. The van der Waals surface area contributed by atoms with Gasteiger partial charge in [-0.05, 0) is 58.1 Å². The standard InChI is InChI=1S/C22H29IO4/c1-5-6-7-8-14-11-15-18(19(24)17(14)20(25)26)22(23)12-13(2)9-10-16(22)21(3,4)27-15/h11-12,16,24H,5-10H2,1-4H3,(H,25,26)/t16-,22-/m0/s1. The van der Waals surface area contributed by atoms with Gasteiger partial charge >= 0.3 is 5.97 Å². The molecule has 0 amide bonds. The van der Waals surface area contributed by atoms with Gasteiger partial charge in [0.2, 0.25) is 0 Å². The molecule has 27 heavy (non-hydrogen) atoms. The van der Waals surface area contributed by atoms with E-state index in [2.05, 4.69) is 56.4 Å². The van der Waals surface area contributed by atoms with Crippen LogP contribution in [0.25, 0.3) is 0 Å². The van der Waals surface area contributed by atoms with Crippen LogP contribution in [0.2, 0.25) is 0 Å². The van der Waals surface area contributed by atoms with Crippen molar-refractivity contribution in [3.8, 4) is 11.5 Å². The van der Waals surface area contributed by atoms with Gasteiger partial charge in [-0.2, -0.15) is 0 Å². The van der Waals surface area contributed by atoms with Gasteiger partial charge in [-0.1, -0.05) is 54.0 Å². The highest BCUT2D eigenvalue weighted by Crippen LogP contribution is 2.61. The number of hydrogen-bond acceptors (Lipinski definition) is 3. The molecule has 0 fully saturated rings. The second kappa shape index (κ2) is 7.30. The number of phenols is 1. The van der Waals surface area contributed by atoms with Gasteiger partial charge in [0.05, 0.1) is 8.99 Å². The number of benzene rings is 1. The number of alkyl halides is 1. The average molecular weight is 484 g/mol. The highest BCUT2D eigenvalue weighted by atomic mass is 127. The molecule has 2 aliphatic rings. The molecule has 0 radical (unpaired) electrons. The van der Waals surface area contributed by atoms with Crippen LogP contribution >= 0.6 is 22.6 Å². The summed E-state index contributed by atoms with van der Waals surface area (Å²) < 4.78 is 5.90. The third kappa shape index (κ3) is 3.47. The number of carbonyl (C=O) groups is 1. The number of hydrogen-bond donors (Lipinski definition) is 2. The molecule has 148 valence electrons. The first-order chi connectivity index (χ1) is 12.6. The molecule has 5 heteroatoms. The fourth-order valence-corrected chi connectivity index (χ4v) is 6.83. The lowest BCUT2D eigenvalue weighted by Crippen LogP contribution is -2.51. The largest absolute Gasteiger partial charge is 0.507 e. The van der Waals surface area contributed by atoms with Gasteiger partial charge in [-0.15, -0.1) is 0 Å². The van der Waals surface area contributed by atoms with Crippen molar-refractivity contribution >= 4 is 28.6 Å². The third-order valence-electron chi connectivity index (χ3n) is 6.00. The molecule has 1 heterocycles. The van der Waals surface area contributed by atoms with Crippen LogP contribution in [0.3, 0.4) is 0 Å². The Morgan fingerprint density at radius 1 is 1.37 bits per heavy atom. The summed E-state index contributed by atoms with van der Waals surface area (Å²) in [5.74, 6) is -0.391. The lowest BCUT2D eigenvalue weighted by Gasteiger charge is -2.51. The summed E-state index contributed by atoms with van der Waals surface area (Å²) in [6, 6.07) is 1.87. The number of carboxylic acid groups (broad SMARTS) is 1. The summed E-state index contributed by atoms with van der Waals surface area (Å²) in [5, 5.41) is 20.9. The van der Waals surface area contributed by atoms with E-state index in [1.165, 1.54) is 5.57 Å². The van der Waals surface area contributed by atoms with E-state index in [-0.39, 0.29) is 22.8 Å². The molecule has 0 bridgehead atoms. The molecule has 0 saturated carbocycles. The Morgan fingerprint density at radius 3 is 2.70 bits per heavy atom. The van der Waals surface area contributed by atoms with E-state index in [4.69, 9.17) is 4.74 Å². The van der Waals surface area contributed by atoms with Crippen LogP contribution < -0.4 is 4.74 Å². The Balaban J connectivity index is 2.23. The molecule has 1 aromatic rings. The van der Waals surface area contributed by atoms with Crippen molar-refractivity contribution in [1.82, 2.24) is 0 Å². The zero-order valence-corrected chi connectivity index (χ0v) is 18.7. The number of aromatic hydroxyl groups is 1. The van der Waals surface area contributed by atoms with Crippen molar-refractivity contribution in [3.05, 3.63) is 34.4 Å². The van der Waals surface area contributed by atoms with Crippen molar-refractivity contribution in [2.24, 2.45) is 5.92 Å². The van der Waals surface area contributed by atoms with Gasteiger partial charge < -0.3 is 14.9 Å². The molecule has 0 unspecified atom stereocenters. The molecule has 1 aliphatic carbocycles. The van der Waals surface area contributed by atoms with E-state index in [1.807, 2.05) is 6.07 Å². The minimum absolute atomic E-state index is 0.0413. The summed E-state index contributed by atoms with van der Waals surface area (Å²) in [7, 11) is 0. The molecule has 1 aliphatic heterocycles. The number of aryl methyl sites for hydroxylation is 1. The van der Waals surface area contributed by atoms with E-state index in [0.717, 1.165) is 32.1 Å². The molecular weight excluding hydrogens is 455 g/mol. The number of fused-ring (bicyclic) bond motifs is 3. The quantitative estimate of drug-likeness (QED) is 0.234. The molecule has 3 rings (SSSR count). The molecular formula is C22H29IO4. The fourth-order valence-electron chi connectivity index (χ4n) is 4.72. The van der Waals surface area contributed by atoms with Crippen molar-refractivity contribution in [3.63, 3.8) is 0 Å². The highest BCUT2D eigenvalue weighted by Gasteiger charge is 2.54. The predicted octanol–water partition coefficient (Wildman–Crippen LogP) is 5.98. The zero-order chi connectivity index (χ0) is 20.0. The van der Waals surface area contributed by atoms with E-state index >= 15 is 0 Å². The molecule has 0 spiro atoms. The Morgan fingerprint density at radius 2 is 2.07 bits per heavy atom. The summed E-state index contributed by atoms with van der Waals surface area (Å²) in [6.07, 6.45) is 7.78. The van der Waals surface area contributed by atoms with Gasteiger partial charge in [-0.3, -0.25) is 0 Å². The van der Waals surface area contributed by atoms with Crippen molar-refractivity contribution in [1.29, 1.82) is 0 Å². The van der Waals surface area contributed by atoms with Crippen LogP contribution in [0.5, 0.6) is 11.5 Å². The maximum absolute atomic E-state index is 12.0. The van der Waals surface area contributed by atoms with Gasteiger partial charge in [0.25, 0.3) is 0 Å². The minimum Gasteiger partial charge on any atom is -0.507 e. The van der Waals surface area contributed by atoms with Crippen LogP contribution in [-0.4, -0.2) is 21.8 Å². The first-order valence-corrected chi connectivity index (χ1v) is 10.9. The van der Waals surface area contributed by atoms with Crippen molar-refractivity contribution < 1.29 is 19.7 Å². The van der Waals surface area contributed by atoms with Crippen LogP contribution in [0.15, 0.2) is 17.7 Å². The number of unbranched alkanes of at least 4 members (excludes halogenated alkanes) is 2. The second-order valence-electron chi connectivity index (χ2n) is 8.45. The summed E-state index contributed by atoms with van der Waals surface area (Å²) >= 11 is 2.40. The lowest BCUT2D eigenvalue weighted by atomic mass is 9.67. The number of aromatic carboxylic acids is 1. The van der Waals surface area contributed by atoms with Crippen molar-refractivity contribution in [2.45, 2.75) is 75.2 Å². The second-order valence-corrected chi connectivity index (χ2v) is 10.2. The Labute approximate surface area is 175 Å². The third-order valence-corrected chi connectivity index (χ3v) is 7.60. The number of carboxylic acids is 1. The Hall–Kier alpha value is -1.24. The molecule has 0 saturated heterocycles. The number of halogens is 1. The normalized spacial score (nSPS) is 25.8. The summed E-state index contributed by atoms with van der Waals surface area (Å²) in [4.78, 5) is 12.0. The zero-order valence-electron chi connectivity index (χ0n) is 16.6. The number of ether oxygens (including phenoxy) is 1. The first kappa shape index (κ1) is 20.5. The molecule has 2 N–H and O–H groups in total. The predicted molar refractivity (Wildman–Crippen MR) is 115 cm³/mol. The smallest absolute Gasteiger partial charge is 0.339 e. The van der Waals surface area contributed by atoms with Crippen molar-refractivity contribution in [2.75, 3.05) is 0 Å². The van der Waals surface area contributed by atoms with E-state index in [0.29, 0.717) is 23.3 Å². The lowest BCUT2D eigenvalue weighted by molar-refractivity contribution is 0.00669. The Bertz CT molecular complexity index is 796. The van der Waals surface area contributed by atoms with E-state index < -0.39 is 9.39 Å². The average Bonchev–Trinajstić information content (AvgIpc) is 2.52. The highest BCUT2D eigenvalue weighted by molar-refractivity contribution is 14.1. The maximum atomic E-state index is 12.0. The molecule has 0 aromatic heterocycles. The summed E-state index contributed by atoms with van der Waals surface area (Å²) in [6.45, 7) is 8.42. The van der Waals surface area contributed by atoms with Gasteiger partial charge in [0.1, 0.15) is 22.7 Å². The molecule has 1 aromatic carbocycles. The minimum atomic E-state index is -1.07. The fraction of sp³-hybridized carbons (Fsp3) is 0.591. The molecule has 2 atom stereocenters. The van der Waals surface area contributed by atoms with Gasteiger partial charge in [0, 0.05) is 5.92 Å². The summed E-state index contributed by atoms with van der Waals surface area (Å²) in [5.41, 5.74) is 2.22. The molecule has 4 nitrogen and oxygen atoms in total. The Kier molecular flexibility index (Phi) is 5.54. The van der Waals surface area contributed by atoms with Crippen LogP contribution in [0, 0.1) is 5.92 Å². The van der Waals surface area contributed by atoms with Crippen LogP contribution in [0.1, 0.15) is 81.3 Å².